The van der Waals surface area contributed by atoms with Crippen LogP contribution in [0.5, 0.6) is 0 Å². The van der Waals surface area contributed by atoms with Crippen molar-refractivity contribution in [2.45, 2.75) is 71.6 Å². The van der Waals surface area contributed by atoms with Crippen LogP contribution >= 0.6 is 0 Å². The van der Waals surface area contributed by atoms with Crippen molar-refractivity contribution in [3.63, 3.8) is 0 Å². The van der Waals surface area contributed by atoms with Gasteiger partial charge >= 0.3 is 112 Å². The number of rotatable bonds is 14. The fourth-order valence-corrected chi connectivity index (χ4v) is 25.0. The van der Waals surface area contributed by atoms with Crippen molar-refractivity contribution in [2.75, 3.05) is 0 Å². The van der Waals surface area contributed by atoms with E-state index in [2.05, 4.69) is 375 Å². The van der Waals surface area contributed by atoms with E-state index in [1.165, 1.54) is 108 Å². The third-order valence-corrected chi connectivity index (χ3v) is 28.7. The van der Waals surface area contributed by atoms with Crippen molar-refractivity contribution in [2.24, 2.45) is 0 Å². The number of hydrogen-bond acceptors (Lipinski definition) is 0. The van der Waals surface area contributed by atoms with Crippen LogP contribution in [0.2, 0.25) is 0 Å². The van der Waals surface area contributed by atoms with Gasteiger partial charge in [0.25, 0.3) is 0 Å². The molecule has 0 spiro atoms. The molecule has 0 aliphatic heterocycles. The second kappa shape index (κ2) is 30.9. The summed E-state index contributed by atoms with van der Waals surface area (Å²) >= 11 is 1.55. The summed E-state index contributed by atoms with van der Waals surface area (Å²) < 4.78 is 1.60. The van der Waals surface area contributed by atoms with Crippen LogP contribution in [0.15, 0.2) is 340 Å². The molecule has 14 rings (SSSR count). The quantitative estimate of drug-likeness (QED) is 0.0578. The van der Waals surface area contributed by atoms with E-state index in [4.69, 9.17) is 0 Å². The van der Waals surface area contributed by atoms with Gasteiger partial charge in [-0.3, -0.25) is 6.08 Å². The molecule has 466 valence electrons. The summed E-state index contributed by atoms with van der Waals surface area (Å²) in [6, 6.07) is 121. The van der Waals surface area contributed by atoms with Crippen LogP contribution in [-0.4, -0.2) is 19.4 Å². The average Bonchev–Trinajstić information content (AvgIpc) is 1.10. The summed E-state index contributed by atoms with van der Waals surface area (Å²) in [4.78, 5) is 0. The van der Waals surface area contributed by atoms with Gasteiger partial charge < -0.3 is 24.8 Å². The first-order valence-corrected chi connectivity index (χ1v) is 37.7. The van der Waals surface area contributed by atoms with E-state index in [0.717, 1.165) is 19.3 Å². The van der Waals surface area contributed by atoms with Crippen LogP contribution in [0.3, 0.4) is 0 Å². The molecule has 13 aromatic rings. The molecule has 0 saturated carbocycles. The third-order valence-electron chi connectivity index (χ3n) is 18.2. The van der Waals surface area contributed by atoms with E-state index in [1.807, 2.05) is 12.2 Å². The molecule has 0 amide bonds. The Hall–Kier alpha value is -8.24. The minimum absolute atomic E-state index is 0. The average molecular weight is 1370 g/mol. The van der Waals surface area contributed by atoms with Gasteiger partial charge in [-0.2, -0.15) is 6.08 Å². The van der Waals surface area contributed by atoms with Crippen LogP contribution in [-0.2, 0) is 47.9 Å². The van der Waals surface area contributed by atoms with Gasteiger partial charge in [0.05, 0.1) is 0 Å². The predicted octanol–water partition coefficient (Wildman–Crippen LogP) is 10.9. The fourth-order valence-electron chi connectivity index (χ4n) is 14.0. The first kappa shape index (κ1) is 68.6. The Balaban J connectivity index is 0.000000355. The second-order valence-electron chi connectivity index (χ2n) is 26.3. The number of halogens is 2. The Labute approximate surface area is 588 Å². The van der Waals surface area contributed by atoms with E-state index < -0.39 is 16.1 Å². The number of hydrogen-bond donors (Lipinski definition) is 0. The van der Waals surface area contributed by atoms with E-state index >= 15 is 0 Å². The Bertz CT molecular complexity index is 4160. The first-order chi connectivity index (χ1) is 44.8. The summed E-state index contributed by atoms with van der Waals surface area (Å²) in [5, 5.41) is 16.3. The van der Waals surface area contributed by atoms with Crippen LogP contribution in [0.1, 0.15) is 70.2 Å². The first-order valence-electron chi connectivity index (χ1n) is 32.5. The minimum atomic E-state index is -2.87. The molecular formula is C89H80Cl2Si2Zr-4. The van der Waals surface area contributed by atoms with Crippen LogP contribution in [0.4, 0.5) is 0 Å². The summed E-state index contributed by atoms with van der Waals surface area (Å²) in [6.07, 6.45) is 12.2. The SMILES string of the molecule is CC(C)(C)c1cc2c(cc1-c1ccccc1[Si](c1ccccc1)(c1ccccc1)c1ccccc1)[cH-]c1cc(-c3ccccc3[Si](c3ccccc3)(c3ccccc3)c3ccccc3)c(C(C)(C)C)cc12.[C-]1=CC=CC1.[Cl-].[Cl-].[Zr]=[C](Cc1ccccc1)Cc1ccccc1. The van der Waals surface area contributed by atoms with Gasteiger partial charge in [-0.05, 0) is 85.7 Å². The molecule has 0 N–H and O–H groups in total. The van der Waals surface area contributed by atoms with Crippen molar-refractivity contribution < 1.29 is 49.0 Å². The van der Waals surface area contributed by atoms with Crippen molar-refractivity contribution >= 4 is 82.4 Å². The zero-order valence-electron chi connectivity index (χ0n) is 54.7. The Morgan fingerprint density at radius 2 is 0.638 bits per heavy atom. The van der Waals surface area contributed by atoms with Gasteiger partial charge in [-0.25, -0.2) is 12.2 Å². The predicted molar refractivity (Wildman–Crippen MR) is 399 cm³/mol. The Kier molecular flexibility index (Phi) is 22.5. The molecule has 1 aliphatic rings. The molecule has 0 heterocycles. The monoisotopic (exact) mass is 1360 g/mol. The van der Waals surface area contributed by atoms with E-state index in [-0.39, 0.29) is 35.6 Å². The summed E-state index contributed by atoms with van der Waals surface area (Å²) in [6.45, 7) is 14.3. The van der Waals surface area contributed by atoms with Gasteiger partial charge in [-0.1, -0.05) is 284 Å². The van der Waals surface area contributed by atoms with Crippen molar-refractivity contribution in [3.05, 3.63) is 368 Å². The zero-order chi connectivity index (χ0) is 63.6. The Morgan fingerprint density at radius 1 is 0.362 bits per heavy atom. The standard InChI is InChI=1S/C69H61Si2.C15H14.C5H5.2ClH.Zr/c1-68(2,3)64-48-60-50(46-62(64)58-41-25-27-43-66(58)70(52-29-13-7-14-30-52,53-31-15-8-16-32-53)54-33-17-9-18-34-54)45-51-47-63(65(49-61(51)60)69(4,5)6)59-42-26-28-44-67(59)71(55-35-19-10-20-36-55,56-37-21-11-22-38-56)57-39-23-12-24-40-57;1-3-8-14(9-4-1)12-7-13-15-10-5-2-6-11-15;1-2-4-5-3-1;;;/h7-49H,1-6H3;1-6,8-11H,12-13H2;1-3H,4H2;2*1H;/q-1;;-1;;;/p-2. The summed E-state index contributed by atoms with van der Waals surface area (Å²) in [5.74, 6) is 0. The molecule has 0 aromatic heterocycles. The van der Waals surface area contributed by atoms with Crippen molar-refractivity contribution in [3.8, 4) is 22.3 Å². The molecule has 0 unspecified atom stereocenters. The van der Waals surface area contributed by atoms with Crippen LogP contribution in [0, 0.1) is 6.08 Å². The van der Waals surface area contributed by atoms with Crippen LogP contribution < -0.4 is 66.3 Å². The molecule has 1 aliphatic carbocycles. The summed E-state index contributed by atoms with van der Waals surface area (Å²) in [5.41, 5.74) is 10.5. The number of allylic oxidation sites excluding steroid dienone is 4. The molecule has 13 aromatic carbocycles. The molecule has 0 bridgehead atoms. The van der Waals surface area contributed by atoms with E-state index in [1.54, 1.807) is 27.4 Å². The molecule has 94 heavy (non-hydrogen) atoms. The van der Waals surface area contributed by atoms with E-state index in [9.17, 15) is 0 Å². The van der Waals surface area contributed by atoms with Gasteiger partial charge in [-0.15, -0.1) is 46.2 Å². The van der Waals surface area contributed by atoms with Gasteiger partial charge in [0.1, 0.15) is 0 Å². The molecule has 0 nitrogen and oxygen atoms in total. The molecule has 0 fully saturated rings. The maximum atomic E-state index is 2.99. The molecule has 0 radical (unpaired) electrons. The number of fused-ring (bicyclic) bond motifs is 3. The molecule has 5 heteroatoms. The molecule has 0 saturated heterocycles. The fraction of sp³-hybridized carbons (Fsp3) is 0.124. The number of benzene rings is 12. The van der Waals surface area contributed by atoms with Crippen LogP contribution in [0.25, 0.3) is 43.8 Å². The normalized spacial score (nSPS) is 12.0. The third kappa shape index (κ3) is 14.5. The summed E-state index contributed by atoms with van der Waals surface area (Å²) in [7, 11) is -5.75. The Morgan fingerprint density at radius 3 is 0.894 bits per heavy atom. The van der Waals surface area contributed by atoms with Crippen molar-refractivity contribution in [1.29, 1.82) is 0 Å². The van der Waals surface area contributed by atoms with Gasteiger partial charge in [0, 0.05) is 0 Å². The van der Waals surface area contributed by atoms with Gasteiger partial charge in [0.15, 0.2) is 16.1 Å². The molecule has 0 atom stereocenters. The zero-order valence-corrected chi connectivity index (χ0v) is 60.7. The van der Waals surface area contributed by atoms with Crippen molar-refractivity contribution in [1.82, 2.24) is 0 Å². The molecular weight excluding hydrogens is 1290 g/mol. The van der Waals surface area contributed by atoms with E-state index in [0.29, 0.717) is 0 Å². The second-order valence-corrected chi connectivity index (χ2v) is 35.6. The van der Waals surface area contributed by atoms with Gasteiger partial charge in [0.2, 0.25) is 0 Å². The topological polar surface area (TPSA) is 0 Å². The maximum absolute atomic E-state index is 2.99.